The van der Waals surface area contributed by atoms with Crippen LogP contribution in [0.3, 0.4) is 0 Å². The number of hydrogen-bond acceptors (Lipinski definition) is 1. The average Bonchev–Trinajstić information content (AvgIpc) is 3.36. The van der Waals surface area contributed by atoms with Crippen molar-refractivity contribution < 1.29 is 0 Å². The summed E-state index contributed by atoms with van der Waals surface area (Å²) in [5.74, 6) is 0. The molecule has 0 unspecified atom stereocenters. The van der Waals surface area contributed by atoms with Gasteiger partial charge in [0.1, 0.15) is 0 Å². The minimum Gasteiger partial charge on any atom is -0.309 e. The van der Waals surface area contributed by atoms with Crippen LogP contribution < -0.4 is 4.90 Å². The molecule has 1 heteroatoms. The Labute approximate surface area is 400 Å². The Morgan fingerprint density at radius 3 is 1.16 bits per heavy atom. The van der Waals surface area contributed by atoms with E-state index in [1.54, 1.807) is 0 Å². The summed E-state index contributed by atoms with van der Waals surface area (Å²) >= 11 is 0. The fourth-order valence-corrected chi connectivity index (χ4v) is 13.5. The molecular weight excluding hydrogens is 819 g/mol. The Morgan fingerprint density at radius 1 is 0.338 bits per heavy atom. The monoisotopic (exact) mass is 871 g/mol. The molecule has 0 N–H and O–H groups in total. The van der Waals surface area contributed by atoms with E-state index < -0.39 is 0 Å². The number of rotatable bonds is 4. The Kier molecular flexibility index (Phi) is 8.05. The summed E-state index contributed by atoms with van der Waals surface area (Å²) in [6, 6.07) is 67.1. The molecule has 3 heterocycles. The van der Waals surface area contributed by atoms with E-state index in [-0.39, 0.29) is 16.2 Å². The van der Waals surface area contributed by atoms with Crippen LogP contribution in [0.2, 0.25) is 0 Å². The van der Waals surface area contributed by atoms with Gasteiger partial charge in [0.05, 0.1) is 17.1 Å². The summed E-state index contributed by atoms with van der Waals surface area (Å²) in [5, 5.41) is 7.79. The van der Waals surface area contributed by atoms with Crippen molar-refractivity contribution in [3.8, 4) is 44.5 Å². The molecule has 0 atom stereocenters. The molecule has 0 amide bonds. The van der Waals surface area contributed by atoms with Crippen LogP contribution in [0.4, 0.5) is 17.1 Å². The van der Waals surface area contributed by atoms with Gasteiger partial charge in [-0.05, 0) is 158 Å². The van der Waals surface area contributed by atoms with Crippen LogP contribution in [0, 0.1) is 0 Å². The van der Waals surface area contributed by atoms with Gasteiger partial charge in [0.15, 0.2) is 0 Å². The SMILES string of the molecule is CC1(C)c2cccc3c2N2c4c1cc(-c1c5c(c(-c6ccccc6)c6ccccc16)CCC=C5)cc4C(C)(C)c1cc(-c4c5ccccc5c(-c5ccccc5)c5ccccc45)cc(c12)C3(C)C. The normalized spacial score (nSPS) is 16.2. The van der Waals surface area contributed by atoms with Crippen molar-refractivity contribution in [3.63, 3.8) is 0 Å². The lowest BCUT2D eigenvalue weighted by molar-refractivity contribution is 0.567. The molecule has 68 heavy (non-hydrogen) atoms. The van der Waals surface area contributed by atoms with E-state index >= 15 is 0 Å². The Hall–Kier alpha value is -7.48. The van der Waals surface area contributed by atoms with Crippen LogP contribution >= 0.6 is 0 Å². The van der Waals surface area contributed by atoms with E-state index in [1.807, 2.05) is 0 Å². The quantitative estimate of drug-likeness (QED) is 0.159. The summed E-state index contributed by atoms with van der Waals surface area (Å²) in [5.41, 5.74) is 24.9. The van der Waals surface area contributed by atoms with Crippen LogP contribution in [0.1, 0.15) is 92.5 Å². The molecule has 14 rings (SSSR count). The van der Waals surface area contributed by atoms with Crippen molar-refractivity contribution >= 4 is 55.5 Å². The fourth-order valence-electron chi connectivity index (χ4n) is 13.5. The predicted molar refractivity (Wildman–Crippen MR) is 289 cm³/mol. The maximum absolute atomic E-state index is 2.73. The number of anilines is 3. The lowest BCUT2D eigenvalue weighted by Crippen LogP contribution is -2.43. The Balaban J connectivity index is 1.09. The molecule has 0 spiro atoms. The molecule has 3 aliphatic heterocycles. The highest BCUT2D eigenvalue weighted by Gasteiger charge is 2.52. The van der Waals surface area contributed by atoms with Gasteiger partial charge in [-0.25, -0.2) is 0 Å². The van der Waals surface area contributed by atoms with Crippen molar-refractivity contribution in [1.29, 1.82) is 0 Å². The van der Waals surface area contributed by atoms with E-state index in [0.29, 0.717) is 0 Å². The zero-order valence-corrected chi connectivity index (χ0v) is 39.8. The van der Waals surface area contributed by atoms with Crippen molar-refractivity contribution in [2.45, 2.75) is 70.6 Å². The molecule has 10 aromatic rings. The molecule has 0 bridgehead atoms. The molecule has 0 saturated heterocycles. The highest BCUT2D eigenvalue weighted by molar-refractivity contribution is 6.22. The first kappa shape index (κ1) is 39.7. The van der Waals surface area contributed by atoms with Gasteiger partial charge in [0, 0.05) is 16.2 Å². The van der Waals surface area contributed by atoms with E-state index in [2.05, 4.69) is 235 Å². The van der Waals surface area contributed by atoms with Gasteiger partial charge in [-0.1, -0.05) is 205 Å². The minimum absolute atomic E-state index is 0.253. The van der Waals surface area contributed by atoms with Crippen LogP contribution in [0.5, 0.6) is 0 Å². The smallest absolute Gasteiger partial charge is 0.0544 e. The molecule has 0 aromatic heterocycles. The van der Waals surface area contributed by atoms with Crippen LogP contribution in [-0.4, -0.2) is 0 Å². The van der Waals surface area contributed by atoms with Crippen LogP contribution in [-0.2, 0) is 22.7 Å². The van der Waals surface area contributed by atoms with Gasteiger partial charge < -0.3 is 4.90 Å². The number of hydrogen-bond donors (Lipinski definition) is 0. The zero-order chi connectivity index (χ0) is 45.8. The first-order valence-electron chi connectivity index (χ1n) is 24.7. The first-order valence-corrected chi connectivity index (χ1v) is 24.7. The number of nitrogens with zero attached hydrogens (tertiary/aromatic N) is 1. The molecule has 326 valence electrons. The van der Waals surface area contributed by atoms with Gasteiger partial charge in [0.25, 0.3) is 0 Å². The predicted octanol–water partition coefficient (Wildman–Crippen LogP) is 18.2. The van der Waals surface area contributed by atoms with Gasteiger partial charge in [-0.3, -0.25) is 0 Å². The molecule has 4 aliphatic rings. The van der Waals surface area contributed by atoms with Gasteiger partial charge in [-0.2, -0.15) is 0 Å². The number of allylic oxidation sites excluding steroid dienone is 1. The second-order valence-electron chi connectivity index (χ2n) is 21.5. The van der Waals surface area contributed by atoms with Crippen LogP contribution in [0.25, 0.3) is 82.9 Å². The van der Waals surface area contributed by atoms with Gasteiger partial charge >= 0.3 is 0 Å². The fraction of sp³-hybridized carbons (Fsp3) is 0.164. The summed E-state index contributed by atoms with van der Waals surface area (Å²) in [6.07, 6.45) is 6.91. The van der Waals surface area contributed by atoms with Crippen molar-refractivity contribution in [2.24, 2.45) is 0 Å². The van der Waals surface area contributed by atoms with E-state index in [9.17, 15) is 0 Å². The van der Waals surface area contributed by atoms with E-state index in [4.69, 9.17) is 0 Å². The topological polar surface area (TPSA) is 3.24 Å². The minimum atomic E-state index is -0.349. The Bertz CT molecular complexity index is 3800. The van der Waals surface area contributed by atoms with Gasteiger partial charge in [0.2, 0.25) is 0 Å². The molecular formula is C67H53N. The molecule has 1 aliphatic carbocycles. The molecule has 0 saturated carbocycles. The van der Waals surface area contributed by atoms with E-state index in [1.165, 1.54) is 138 Å². The standard InChI is InChI=1S/C67H53N/c1-65(2)52-34-21-35-53-62(52)68-63-54(65)36-42(60-48-30-17-13-26-44(48)58(40-22-9-7-10-23-40)45-27-14-18-31-49(45)60)38-56(63)67(5,6)57-39-43(37-55(64(57)68)66(53,3)4)61-50-32-19-15-28-46(50)59(41-24-11-8-12-25-41)47-29-16-20-33-51(47)61/h7-15,17-28,30-39H,16,29H2,1-6H3. The first-order chi connectivity index (χ1) is 33.0. The number of benzene rings is 10. The second kappa shape index (κ2) is 13.8. The molecule has 1 nitrogen and oxygen atoms in total. The average molecular weight is 872 g/mol. The lowest BCUT2D eigenvalue weighted by Gasteiger charge is -2.55. The molecule has 10 aromatic carbocycles. The van der Waals surface area contributed by atoms with Crippen molar-refractivity contribution in [1.82, 2.24) is 0 Å². The lowest BCUT2D eigenvalue weighted by atomic mass is 9.60. The highest BCUT2D eigenvalue weighted by Crippen LogP contribution is 2.67. The van der Waals surface area contributed by atoms with Crippen molar-refractivity contribution in [3.05, 3.63) is 227 Å². The number of fused-ring (bicyclic) bond motifs is 4. The zero-order valence-electron chi connectivity index (χ0n) is 39.8. The van der Waals surface area contributed by atoms with Gasteiger partial charge in [-0.15, -0.1) is 0 Å². The third-order valence-electron chi connectivity index (χ3n) is 16.8. The maximum Gasteiger partial charge on any atom is 0.0544 e. The second-order valence-corrected chi connectivity index (χ2v) is 21.5. The summed E-state index contributed by atoms with van der Waals surface area (Å²) in [4.78, 5) is 2.73. The van der Waals surface area contributed by atoms with Crippen LogP contribution in [0.15, 0.2) is 182 Å². The third kappa shape index (κ3) is 5.12. The molecule has 0 radical (unpaired) electrons. The number of para-hydroxylation sites is 1. The molecule has 0 fully saturated rings. The van der Waals surface area contributed by atoms with Crippen molar-refractivity contribution in [2.75, 3.05) is 4.90 Å². The summed E-state index contributed by atoms with van der Waals surface area (Å²) < 4.78 is 0. The largest absolute Gasteiger partial charge is 0.309 e. The summed E-state index contributed by atoms with van der Waals surface area (Å²) in [6.45, 7) is 14.9. The Morgan fingerprint density at radius 2 is 0.691 bits per heavy atom. The van der Waals surface area contributed by atoms with E-state index in [0.717, 1.165) is 12.8 Å². The highest BCUT2D eigenvalue weighted by atomic mass is 15.2. The third-order valence-corrected chi connectivity index (χ3v) is 16.8. The summed E-state index contributed by atoms with van der Waals surface area (Å²) in [7, 11) is 0. The maximum atomic E-state index is 2.73.